The Morgan fingerprint density at radius 3 is 2.80 bits per heavy atom. The van der Waals surface area contributed by atoms with E-state index in [1.807, 2.05) is 55.5 Å². The lowest BCUT2D eigenvalue weighted by Gasteiger charge is -2.42. The van der Waals surface area contributed by atoms with Gasteiger partial charge < -0.3 is 14.6 Å². The number of β-amino-alcohol motifs (C(OH)–C–C–N with tert-alkyl or cyclic N) is 1. The van der Waals surface area contributed by atoms with Crippen LogP contribution in [0, 0.1) is 12.7 Å². The van der Waals surface area contributed by atoms with Crippen molar-refractivity contribution in [1.29, 1.82) is 0 Å². The fraction of sp³-hybridized carbons (Fsp3) is 0.483. The zero-order valence-electron chi connectivity index (χ0n) is 21.1. The van der Waals surface area contributed by atoms with Crippen LogP contribution in [0.4, 0.5) is 4.39 Å². The molecule has 1 aliphatic rings. The second kappa shape index (κ2) is 13.5. The first-order valence-electron chi connectivity index (χ1n) is 12.6. The smallest absolute Gasteiger partial charge is 0.306 e. The summed E-state index contributed by atoms with van der Waals surface area (Å²) >= 11 is 0. The van der Waals surface area contributed by atoms with E-state index in [9.17, 15) is 14.3 Å². The molecule has 1 fully saturated rings. The summed E-state index contributed by atoms with van der Waals surface area (Å²) in [5, 5.41) is 10.6. The summed E-state index contributed by atoms with van der Waals surface area (Å²) in [7, 11) is 0. The number of allylic oxidation sites excluding steroid dienone is 1. The van der Waals surface area contributed by atoms with Crippen LogP contribution in [0.1, 0.15) is 61.5 Å². The molecule has 6 heteroatoms. The number of benzene rings is 2. The molecule has 3 atom stereocenters. The SMILES string of the molecule is CCOC(=O)CC/C=C/c1ccccc1[C@@H](C)OC[C@H](O)CN1CC[C@H]1Cc1ccc(C)c(F)c1. The minimum Gasteiger partial charge on any atom is -0.466 e. The third-order valence-electron chi connectivity index (χ3n) is 6.51. The van der Waals surface area contributed by atoms with Gasteiger partial charge in [0.1, 0.15) is 5.82 Å². The lowest BCUT2D eigenvalue weighted by Crippen LogP contribution is -2.52. The number of hydrogen-bond acceptors (Lipinski definition) is 5. The van der Waals surface area contributed by atoms with Crippen molar-refractivity contribution in [1.82, 2.24) is 4.90 Å². The molecule has 0 spiro atoms. The van der Waals surface area contributed by atoms with E-state index in [0.717, 1.165) is 36.1 Å². The third kappa shape index (κ3) is 8.27. The number of carbonyl (C=O) groups is 1. The number of aliphatic hydroxyl groups excluding tert-OH is 1. The first-order chi connectivity index (χ1) is 16.9. The normalized spacial score (nSPS) is 17.8. The molecule has 0 aliphatic carbocycles. The lowest BCUT2D eigenvalue weighted by molar-refractivity contribution is -0.142. The Morgan fingerprint density at radius 2 is 2.09 bits per heavy atom. The Bertz CT molecular complexity index is 992. The highest BCUT2D eigenvalue weighted by Crippen LogP contribution is 2.25. The molecule has 5 nitrogen and oxygen atoms in total. The number of nitrogens with zero attached hydrogens (tertiary/aromatic N) is 1. The van der Waals surface area contributed by atoms with Crippen molar-refractivity contribution >= 4 is 12.0 Å². The average Bonchev–Trinajstić information content (AvgIpc) is 2.84. The van der Waals surface area contributed by atoms with E-state index in [1.165, 1.54) is 0 Å². The molecule has 190 valence electrons. The van der Waals surface area contributed by atoms with E-state index < -0.39 is 6.10 Å². The van der Waals surface area contributed by atoms with Gasteiger partial charge in [-0.05, 0) is 68.4 Å². The zero-order chi connectivity index (χ0) is 25.2. The van der Waals surface area contributed by atoms with Crippen molar-refractivity contribution in [2.24, 2.45) is 0 Å². The van der Waals surface area contributed by atoms with Crippen LogP contribution in [0.2, 0.25) is 0 Å². The summed E-state index contributed by atoms with van der Waals surface area (Å²) in [5.74, 6) is -0.350. The molecule has 2 aromatic rings. The summed E-state index contributed by atoms with van der Waals surface area (Å²) in [5.41, 5.74) is 3.73. The van der Waals surface area contributed by atoms with Crippen LogP contribution < -0.4 is 0 Å². The predicted molar refractivity (Wildman–Crippen MR) is 137 cm³/mol. The number of aliphatic hydroxyl groups is 1. The van der Waals surface area contributed by atoms with Gasteiger partial charge in [0.15, 0.2) is 0 Å². The summed E-state index contributed by atoms with van der Waals surface area (Å²) in [4.78, 5) is 13.7. The van der Waals surface area contributed by atoms with Gasteiger partial charge in [-0.25, -0.2) is 4.39 Å². The monoisotopic (exact) mass is 483 g/mol. The van der Waals surface area contributed by atoms with Crippen LogP contribution in [-0.2, 0) is 20.7 Å². The van der Waals surface area contributed by atoms with Gasteiger partial charge >= 0.3 is 5.97 Å². The molecule has 0 bridgehead atoms. The second-order valence-electron chi connectivity index (χ2n) is 9.23. The third-order valence-corrected chi connectivity index (χ3v) is 6.51. The molecule has 35 heavy (non-hydrogen) atoms. The molecular formula is C29H38FNO4. The maximum Gasteiger partial charge on any atom is 0.306 e. The number of esters is 1. The zero-order valence-corrected chi connectivity index (χ0v) is 21.1. The number of likely N-dealkylation sites (tertiary alicyclic amines) is 1. The van der Waals surface area contributed by atoms with Crippen molar-refractivity contribution in [2.75, 3.05) is 26.3 Å². The highest BCUT2D eigenvalue weighted by Gasteiger charge is 2.29. The fourth-order valence-corrected chi connectivity index (χ4v) is 4.35. The molecule has 0 radical (unpaired) electrons. The number of hydrogen-bond donors (Lipinski definition) is 1. The largest absolute Gasteiger partial charge is 0.466 e. The Hall–Kier alpha value is -2.54. The quantitative estimate of drug-likeness (QED) is 0.395. The van der Waals surface area contributed by atoms with Gasteiger partial charge in [0.05, 0.1) is 25.4 Å². The predicted octanol–water partition coefficient (Wildman–Crippen LogP) is 5.25. The van der Waals surface area contributed by atoms with Gasteiger partial charge in [0, 0.05) is 25.6 Å². The number of rotatable bonds is 13. The molecule has 0 saturated carbocycles. The van der Waals surface area contributed by atoms with Crippen molar-refractivity contribution < 1.29 is 23.8 Å². The first-order valence-corrected chi connectivity index (χ1v) is 12.6. The Kier molecular flexibility index (Phi) is 10.5. The van der Waals surface area contributed by atoms with Crippen LogP contribution in [-0.4, -0.2) is 54.4 Å². The van der Waals surface area contributed by atoms with E-state index >= 15 is 0 Å². The van der Waals surface area contributed by atoms with Crippen molar-refractivity contribution in [2.45, 2.75) is 64.7 Å². The van der Waals surface area contributed by atoms with Crippen LogP contribution in [0.5, 0.6) is 0 Å². The van der Waals surface area contributed by atoms with Crippen LogP contribution >= 0.6 is 0 Å². The maximum absolute atomic E-state index is 13.9. The number of carbonyl (C=O) groups excluding carboxylic acids is 1. The van der Waals surface area contributed by atoms with E-state index in [0.29, 0.717) is 37.6 Å². The molecule has 1 aliphatic heterocycles. The summed E-state index contributed by atoms with van der Waals surface area (Å²) < 4.78 is 24.8. The summed E-state index contributed by atoms with van der Waals surface area (Å²) in [6, 6.07) is 13.7. The lowest BCUT2D eigenvalue weighted by atomic mass is 9.94. The highest BCUT2D eigenvalue weighted by molar-refractivity contribution is 5.69. The van der Waals surface area contributed by atoms with Crippen molar-refractivity contribution in [3.63, 3.8) is 0 Å². The molecule has 1 heterocycles. The molecule has 1 saturated heterocycles. The minimum absolute atomic E-state index is 0.162. The minimum atomic E-state index is -0.595. The van der Waals surface area contributed by atoms with E-state index in [-0.39, 0.29) is 24.5 Å². The second-order valence-corrected chi connectivity index (χ2v) is 9.23. The van der Waals surface area contributed by atoms with E-state index in [4.69, 9.17) is 9.47 Å². The van der Waals surface area contributed by atoms with Gasteiger partial charge in [-0.3, -0.25) is 9.69 Å². The fourth-order valence-electron chi connectivity index (χ4n) is 4.35. The maximum atomic E-state index is 13.9. The Labute approximate surface area is 208 Å². The molecule has 0 amide bonds. The van der Waals surface area contributed by atoms with Gasteiger partial charge in [0.25, 0.3) is 0 Å². The average molecular weight is 484 g/mol. The Morgan fingerprint density at radius 1 is 1.29 bits per heavy atom. The van der Waals surface area contributed by atoms with Crippen LogP contribution in [0.3, 0.4) is 0 Å². The molecular weight excluding hydrogens is 445 g/mol. The van der Waals surface area contributed by atoms with Gasteiger partial charge in [0.2, 0.25) is 0 Å². The van der Waals surface area contributed by atoms with Crippen LogP contribution in [0.25, 0.3) is 6.08 Å². The van der Waals surface area contributed by atoms with Crippen molar-refractivity contribution in [3.05, 3.63) is 76.6 Å². The van der Waals surface area contributed by atoms with E-state index in [2.05, 4.69) is 4.90 Å². The van der Waals surface area contributed by atoms with Gasteiger partial charge in [-0.15, -0.1) is 0 Å². The van der Waals surface area contributed by atoms with Crippen LogP contribution in [0.15, 0.2) is 48.5 Å². The van der Waals surface area contributed by atoms with Crippen molar-refractivity contribution in [3.8, 4) is 0 Å². The molecule has 0 aromatic heterocycles. The number of aryl methyl sites for hydroxylation is 1. The topological polar surface area (TPSA) is 59.0 Å². The highest BCUT2D eigenvalue weighted by atomic mass is 19.1. The number of ether oxygens (including phenoxy) is 2. The van der Waals surface area contributed by atoms with Gasteiger partial charge in [-0.2, -0.15) is 0 Å². The molecule has 0 unspecified atom stereocenters. The summed E-state index contributed by atoms with van der Waals surface area (Å²) in [6.45, 7) is 7.68. The van der Waals surface area contributed by atoms with Gasteiger partial charge in [-0.1, -0.05) is 48.6 Å². The Balaban J connectivity index is 1.45. The summed E-state index contributed by atoms with van der Waals surface area (Å²) in [6.07, 6.45) is 6.02. The standard InChI is InChI=1S/C29H38FNO4/c1-4-34-29(33)12-8-6-10-24-9-5-7-11-27(24)22(3)35-20-26(32)19-31-16-15-25(31)17-23-14-13-21(2)28(30)18-23/h5-7,9-11,13-14,18,22,25-26,32H,4,8,12,15-17,19-20H2,1-3H3/b10-6+/t22-,25+,26-/m1/s1. The first kappa shape index (κ1) is 27.1. The molecule has 1 N–H and O–H groups in total. The molecule has 3 rings (SSSR count). The number of halogens is 1. The van der Waals surface area contributed by atoms with E-state index in [1.54, 1.807) is 19.9 Å². The molecule has 2 aromatic carbocycles.